The molecule has 0 bridgehead atoms. The molecule has 1 aromatic heterocycles. The molecule has 0 N–H and O–H groups in total. The fourth-order valence-electron chi connectivity index (χ4n) is 4.04. The van der Waals surface area contributed by atoms with Gasteiger partial charge in [-0.2, -0.15) is 9.40 Å². The van der Waals surface area contributed by atoms with Gasteiger partial charge in [0, 0.05) is 32.2 Å². The van der Waals surface area contributed by atoms with Crippen molar-refractivity contribution in [3.8, 4) is 5.69 Å². The zero-order chi connectivity index (χ0) is 23.8. The van der Waals surface area contributed by atoms with E-state index in [0.29, 0.717) is 22.5 Å². The Morgan fingerprint density at radius 3 is 2.30 bits per heavy atom. The van der Waals surface area contributed by atoms with Crippen molar-refractivity contribution < 1.29 is 22.0 Å². The van der Waals surface area contributed by atoms with Crippen molar-refractivity contribution in [2.75, 3.05) is 26.2 Å². The topological polar surface area (TPSA) is 75.5 Å². The van der Waals surface area contributed by atoms with E-state index >= 15 is 0 Å². The molecular formula is C23H24F2N4O3S. The number of halogens is 2. The molecular weight excluding hydrogens is 450 g/mol. The van der Waals surface area contributed by atoms with E-state index in [2.05, 4.69) is 5.10 Å². The maximum absolute atomic E-state index is 14.3. The van der Waals surface area contributed by atoms with E-state index in [1.54, 1.807) is 43.0 Å². The van der Waals surface area contributed by atoms with Gasteiger partial charge in [0.25, 0.3) is 5.91 Å². The number of rotatable bonds is 5. The smallest absolute Gasteiger partial charge is 0.257 e. The Labute approximate surface area is 191 Å². The molecule has 1 aliphatic heterocycles. The van der Waals surface area contributed by atoms with E-state index in [1.165, 1.54) is 15.1 Å². The standard InChI is InChI=1S/C23H24F2N4O3S/c1-16-22(17(2)29(26-16)21-9-8-19(24)14-20(21)25)23(30)27-10-12-28(13-11-27)33(31,32)15-18-6-4-3-5-7-18/h3-9,14H,10-13,15H2,1-2H3. The number of amides is 1. The normalized spacial score (nSPS) is 15.1. The number of piperazine rings is 1. The lowest BCUT2D eigenvalue weighted by atomic mass is 10.1. The van der Waals surface area contributed by atoms with Crippen LogP contribution in [0.25, 0.3) is 5.69 Å². The van der Waals surface area contributed by atoms with Crippen molar-refractivity contribution in [2.24, 2.45) is 0 Å². The van der Waals surface area contributed by atoms with Crippen molar-refractivity contribution in [1.29, 1.82) is 0 Å². The number of aryl methyl sites for hydroxylation is 1. The third kappa shape index (κ3) is 4.67. The molecule has 0 atom stereocenters. The highest BCUT2D eigenvalue weighted by Gasteiger charge is 2.31. The maximum Gasteiger partial charge on any atom is 0.257 e. The van der Waals surface area contributed by atoms with Gasteiger partial charge in [0.15, 0.2) is 5.82 Å². The predicted molar refractivity (Wildman–Crippen MR) is 119 cm³/mol. The van der Waals surface area contributed by atoms with Gasteiger partial charge < -0.3 is 4.90 Å². The van der Waals surface area contributed by atoms with Gasteiger partial charge in [-0.3, -0.25) is 4.79 Å². The molecule has 0 spiro atoms. The first-order chi connectivity index (χ1) is 15.7. The summed E-state index contributed by atoms with van der Waals surface area (Å²) >= 11 is 0. The monoisotopic (exact) mass is 474 g/mol. The Morgan fingerprint density at radius 2 is 1.67 bits per heavy atom. The van der Waals surface area contributed by atoms with Gasteiger partial charge in [0.2, 0.25) is 10.0 Å². The molecule has 0 aliphatic carbocycles. The van der Waals surface area contributed by atoms with Crippen molar-refractivity contribution in [1.82, 2.24) is 19.0 Å². The molecule has 1 amide bonds. The van der Waals surface area contributed by atoms with E-state index in [9.17, 15) is 22.0 Å². The number of sulfonamides is 1. The number of carbonyl (C=O) groups excluding carboxylic acids is 1. The zero-order valence-electron chi connectivity index (χ0n) is 18.3. The maximum atomic E-state index is 14.3. The van der Waals surface area contributed by atoms with E-state index in [4.69, 9.17) is 0 Å². The summed E-state index contributed by atoms with van der Waals surface area (Å²) in [6, 6.07) is 12.1. The van der Waals surface area contributed by atoms with Gasteiger partial charge in [-0.05, 0) is 31.5 Å². The second kappa shape index (κ2) is 9.03. The second-order valence-electron chi connectivity index (χ2n) is 7.99. The summed E-state index contributed by atoms with van der Waals surface area (Å²) in [4.78, 5) is 14.8. The van der Waals surface area contributed by atoms with Gasteiger partial charge in [-0.15, -0.1) is 0 Å². The number of hydrogen-bond acceptors (Lipinski definition) is 4. The predicted octanol–water partition coefficient (Wildman–Crippen LogP) is 3.06. The highest BCUT2D eigenvalue weighted by atomic mass is 32.2. The average molecular weight is 475 g/mol. The second-order valence-corrected chi connectivity index (χ2v) is 9.96. The van der Waals surface area contributed by atoms with Gasteiger partial charge in [-0.1, -0.05) is 30.3 Å². The average Bonchev–Trinajstić information content (AvgIpc) is 3.07. The molecule has 1 saturated heterocycles. The molecule has 4 rings (SSSR count). The van der Waals surface area contributed by atoms with Crippen LogP contribution < -0.4 is 0 Å². The molecule has 3 aromatic rings. The molecule has 1 fully saturated rings. The Kier molecular flexibility index (Phi) is 6.31. The first-order valence-corrected chi connectivity index (χ1v) is 12.1. The fraction of sp³-hybridized carbons (Fsp3) is 0.304. The van der Waals surface area contributed by atoms with Gasteiger partial charge in [0.1, 0.15) is 11.5 Å². The summed E-state index contributed by atoms with van der Waals surface area (Å²) in [5.74, 6) is -1.86. The molecule has 33 heavy (non-hydrogen) atoms. The molecule has 0 unspecified atom stereocenters. The first kappa shape index (κ1) is 23.1. The summed E-state index contributed by atoms with van der Waals surface area (Å²) in [7, 11) is -3.50. The Morgan fingerprint density at radius 1 is 1.00 bits per heavy atom. The highest BCUT2D eigenvalue weighted by molar-refractivity contribution is 7.88. The summed E-state index contributed by atoms with van der Waals surface area (Å²) in [6.07, 6.45) is 0. The van der Waals surface area contributed by atoms with E-state index in [0.717, 1.165) is 12.1 Å². The van der Waals surface area contributed by atoms with Crippen molar-refractivity contribution >= 4 is 15.9 Å². The van der Waals surface area contributed by atoms with Crippen LogP contribution in [0.2, 0.25) is 0 Å². The highest BCUT2D eigenvalue weighted by Crippen LogP contribution is 2.23. The van der Waals surface area contributed by atoms with Crippen LogP contribution in [0.5, 0.6) is 0 Å². The lowest BCUT2D eigenvalue weighted by molar-refractivity contribution is 0.0696. The number of aromatic nitrogens is 2. The van der Waals surface area contributed by atoms with Crippen LogP contribution in [0.1, 0.15) is 27.3 Å². The molecule has 0 saturated carbocycles. The van der Waals surface area contributed by atoms with E-state index in [-0.39, 0.29) is 43.5 Å². The molecule has 1 aliphatic rings. The number of carbonyl (C=O) groups is 1. The third-order valence-corrected chi connectivity index (χ3v) is 7.60. The number of benzene rings is 2. The van der Waals surface area contributed by atoms with Crippen LogP contribution >= 0.6 is 0 Å². The van der Waals surface area contributed by atoms with Crippen molar-refractivity contribution in [2.45, 2.75) is 19.6 Å². The van der Waals surface area contributed by atoms with Crippen LogP contribution in [-0.4, -0.2) is 59.5 Å². The summed E-state index contributed by atoms with van der Waals surface area (Å²) < 4.78 is 55.8. The molecule has 174 valence electrons. The molecule has 2 aromatic carbocycles. The van der Waals surface area contributed by atoms with Crippen LogP contribution in [0.3, 0.4) is 0 Å². The van der Waals surface area contributed by atoms with Crippen LogP contribution in [0, 0.1) is 25.5 Å². The third-order valence-electron chi connectivity index (χ3n) is 5.75. The van der Waals surface area contributed by atoms with Crippen molar-refractivity contribution in [3.63, 3.8) is 0 Å². The Bertz CT molecular complexity index is 1280. The van der Waals surface area contributed by atoms with Gasteiger partial charge in [0.05, 0.1) is 22.7 Å². The summed E-state index contributed by atoms with van der Waals surface area (Å²) in [5, 5.41) is 4.29. The molecule has 7 nitrogen and oxygen atoms in total. The summed E-state index contributed by atoms with van der Waals surface area (Å²) in [5.41, 5.74) is 1.94. The Hall–Kier alpha value is -3.11. The minimum absolute atomic E-state index is 0.0490. The van der Waals surface area contributed by atoms with Crippen LogP contribution in [-0.2, 0) is 15.8 Å². The quantitative estimate of drug-likeness (QED) is 0.570. The number of nitrogens with zero attached hydrogens (tertiary/aromatic N) is 4. The lowest BCUT2D eigenvalue weighted by Gasteiger charge is -2.34. The first-order valence-electron chi connectivity index (χ1n) is 10.5. The van der Waals surface area contributed by atoms with Crippen LogP contribution in [0.15, 0.2) is 48.5 Å². The fourth-order valence-corrected chi connectivity index (χ4v) is 5.56. The largest absolute Gasteiger partial charge is 0.336 e. The van der Waals surface area contributed by atoms with Crippen molar-refractivity contribution in [3.05, 3.63) is 82.7 Å². The SMILES string of the molecule is Cc1nn(-c2ccc(F)cc2F)c(C)c1C(=O)N1CCN(S(=O)(=O)Cc2ccccc2)CC1. The summed E-state index contributed by atoms with van der Waals surface area (Å²) in [6.45, 7) is 4.17. The van der Waals surface area contributed by atoms with Gasteiger partial charge in [-0.25, -0.2) is 21.9 Å². The molecule has 10 heteroatoms. The zero-order valence-corrected chi connectivity index (χ0v) is 19.1. The van der Waals surface area contributed by atoms with E-state index < -0.39 is 21.7 Å². The van der Waals surface area contributed by atoms with Gasteiger partial charge >= 0.3 is 0 Å². The van der Waals surface area contributed by atoms with Crippen LogP contribution in [0.4, 0.5) is 8.78 Å². The molecule has 2 heterocycles. The number of hydrogen-bond donors (Lipinski definition) is 0. The minimum atomic E-state index is -3.50. The lowest BCUT2D eigenvalue weighted by Crippen LogP contribution is -2.50. The molecule has 0 radical (unpaired) electrons. The minimum Gasteiger partial charge on any atom is -0.336 e. The Balaban J connectivity index is 1.49. The van der Waals surface area contributed by atoms with E-state index in [1.807, 2.05) is 6.07 Å².